The lowest BCUT2D eigenvalue weighted by molar-refractivity contribution is -0.138. The second kappa shape index (κ2) is 11.1. The topological polar surface area (TPSA) is 49.4 Å². The zero-order valence-corrected chi connectivity index (χ0v) is 18.1. The Morgan fingerprint density at radius 3 is 2.36 bits per heavy atom. The van der Waals surface area contributed by atoms with Crippen LogP contribution in [0.1, 0.15) is 31.4 Å². The summed E-state index contributed by atoms with van der Waals surface area (Å²) in [5.74, 6) is 0.0669. The van der Waals surface area contributed by atoms with Gasteiger partial charge in [-0.15, -0.1) is 11.8 Å². The maximum absolute atomic E-state index is 13.0. The molecule has 0 bridgehead atoms. The molecule has 0 saturated heterocycles. The van der Waals surface area contributed by atoms with Gasteiger partial charge in [0.25, 0.3) is 0 Å². The van der Waals surface area contributed by atoms with E-state index in [2.05, 4.69) is 5.32 Å². The molecular formula is C22H27ClN2O2S. The Morgan fingerprint density at radius 2 is 1.75 bits per heavy atom. The quantitative estimate of drug-likeness (QED) is 0.601. The molecule has 4 nitrogen and oxygen atoms in total. The van der Waals surface area contributed by atoms with Crippen LogP contribution in [0, 0.1) is 6.92 Å². The average molecular weight is 419 g/mol. The van der Waals surface area contributed by atoms with Crippen LogP contribution >= 0.6 is 23.4 Å². The van der Waals surface area contributed by atoms with Crippen LogP contribution in [0.2, 0.25) is 5.02 Å². The molecule has 2 aromatic carbocycles. The molecule has 0 aliphatic carbocycles. The van der Waals surface area contributed by atoms with Crippen LogP contribution in [0.3, 0.4) is 0 Å². The lowest BCUT2D eigenvalue weighted by Gasteiger charge is -2.28. The van der Waals surface area contributed by atoms with Crippen molar-refractivity contribution in [2.45, 2.75) is 44.7 Å². The molecule has 28 heavy (non-hydrogen) atoms. The molecule has 6 heteroatoms. The largest absolute Gasteiger partial charge is 0.354 e. The van der Waals surface area contributed by atoms with E-state index in [0.717, 1.165) is 22.4 Å². The van der Waals surface area contributed by atoms with Gasteiger partial charge in [0.2, 0.25) is 11.8 Å². The molecule has 0 heterocycles. The zero-order chi connectivity index (χ0) is 20.5. The van der Waals surface area contributed by atoms with Crippen molar-refractivity contribution < 1.29 is 9.59 Å². The van der Waals surface area contributed by atoms with E-state index >= 15 is 0 Å². The van der Waals surface area contributed by atoms with Gasteiger partial charge in [0.1, 0.15) is 6.04 Å². The summed E-state index contributed by atoms with van der Waals surface area (Å²) in [6, 6.07) is 14.9. The fourth-order valence-electron chi connectivity index (χ4n) is 2.63. The predicted molar refractivity (Wildman–Crippen MR) is 117 cm³/mol. The number of halogens is 1. The lowest BCUT2D eigenvalue weighted by atomic mass is 10.1. The third-order valence-electron chi connectivity index (χ3n) is 4.37. The van der Waals surface area contributed by atoms with Crippen LogP contribution in [-0.4, -0.2) is 35.1 Å². The van der Waals surface area contributed by atoms with Crippen LogP contribution in [-0.2, 0) is 16.1 Å². The highest BCUT2D eigenvalue weighted by molar-refractivity contribution is 8.00. The molecule has 2 amide bonds. The Bertz CT molecular complexity index is 778. The van der Waals surface area contributed by atoms with Crippen LogP contribution < -0.4 is 5.32 Å². The number of carbonyl (C=O) groups is 2. The molecule has 0 radical (unpaired) electrons. The first-order valence-electron chi connectivity index (χ1n) is 9.41. The van der Waals surface area contributed by atoms with Crippen molar-refractivity contribution in [3.63, 3.8) is 0 Å². The minimum Gasteiger partial charge on any atom is -0.354 e. The van der Waals surface area contributed by atoms with Crippen molar-refractivity contribution in [2.75, 3.05) is 12.3 Å². The summed E-state index contributed by atoms with van der Waals surface area (Å²) in [5.41, 5.74) is 2.17. The van der Waals surface area contributed by atoms with Crippen molar-refractivity contribution in [1.29, 1.82) is 0 Å². The van der Waals surface area contributed by atoms with Crippen LogP contribution in [0.5, 0.6) is 0 Å². The van der Waals surface area contributed by atoms with E-state index in [1.165, 1.54) is 11.8 Å². The minimum atomic E-state index is -0.536. The number of thioether (sulfide) groups is 1. The zero-order valence-electron chi connectivity index (χ0n) is 16.6. The Balaban J connectivity index is 2.10. The number of nitrogens with one attached hydrogen (secondary N) is 1. The van der Waals surface area contributed by atoms with Gasteiger partial charge in [-0.25, -0.2) is 0 Å². The van der Waals surface area contributed by atoms with Gasteiger partial charge in [0.15, 0.2) is 0 Å². The van der Waals surface area contributed by atoms with Crippen molar-refractivity contribution in [3.8, 4) is 0 Å². The standard InChI is InChI=1S/C22H27ClN2O2S/c1-4-13-24-22(27)17(3)25(14-18-7-5-16(2)6-8-18)21(26)15-28-20-11-9-19(23)10-12-20/h5-12,17H,4,13-15H2,1-3H3,(H,24,27). The second-order valence-electron chi connectivity index (χ2n) is 6.72. The summed E-state index contributed by atoms with van der Waals surface area (Å²) in [4.78, 5) is 28.1. The first-order valence-corrected chi connectivity index (χ1v) is 10.8. The van der Waals surface area contributed by atoms with Gasteiger partial charge in [-0.1, -0.05) is 48.4 Å². The summed E-state index contributed by atoms with van der Waals surface area (Å²) in [6.45, 7) is 6.82. The Morgan fingerprint density at radius 1 is 1.11 bits per heavy atom. The minimum absolute atomic E-state index is 0.0697. The van der Waals surface area contributed by atoms with Gasteiger partial charge in [0, 0.05) is 23.0 Å². The molecule has 0 aliphatic rings. The third-order valence-corrected chi connectivity index (χ3v) is 5.61. The number of rotatable bonds is 9. The number of hydrogen-bond donors (Lipinski definition) is 1. The van der Waals surface area contributed by atoms with E-state index in [0.29, 0.717) is 18.1 Å². The van der Waals surface area contributed by atoms with Crippen LogP contribution in [0.25, 0.3) is 0 Å². The SMILES string of the molecule is CCCNC(=O)C(C)N(Cc1ccc(C)cc1)C(=O)CSc1ccc(Cl)cc1. The smallest absolute Gasteiger partial charge is 0.242 e. The van der Waals surface area contributed by atoms with E-state index in [9.17, 15) is 9.59 Å². The predicted octanol–water partition coefficient (Wildman–Crippen LogP) is 4.68. The molecule has 0 spiro atoms. The average Bonchev–Trinajstić information content (AvgIpc) is 2.70. The summed E-state index contributed by atoms with van der Waals surface area (Å²) >= 11 is 7.36. The highest BCUT2D eigenvalue weighted by Crippen LogP contribution is 2.22. The van der Waals surface area contributed by atoms with Crippen molar-refractivity contribution >= 4 is 35.2 Å². The van der Waals surface area contributed by atoms with Crippen LogP contribution in [0.4, 0.5) is 0 Å². The number of aryl methyl sites for hydroxylation is 1. The normalized spacial score (nSPS) is 11.7. The summed E-state index contributed by atoms with van der Waals surface area (Å²) in [7, 11) is 0. The molecule has 0 fully saturated rings. The van der Waals surface area contributed by atoms with Gasteiger partial charge in [-0.05, 0) is 50.1 Å². The van der Waals surface area contributed by atoms with E-state index in [4.69, 9.17) is 11.6 Å². The highest BCUT2D eigenvalue weighted by Gasteiger charge is 2.25. The van der Waals surface area contributed by atoms with Gasteiger partial charge in [-0.2, -0.15) is 0 Å². The first kappa shape index (κ1) is 22.3. The molecular weight excluding hydrogens is 392 g/mol. The van der Waals surface area contributed by atoms with E-state index in [1.807, 2.05) is 50.2 Å². The molecule has 1 unspecified atom stereocenters. The first-order chi connectivity index (χ1) is 13.4. The maximum Gasteiger partial charge on any atom is 0.242 e. The molecule has 0 aliphatic heterocycles. The van der Waals surface area contributed by atoms with E-state index < -0.39 is 6.04 Å². The molecule has 150 valence electrons. The number of carbonyl (C=O) groups excluding carboxylic acids is 2. The summed E-state index contributed by atoms with van der Waals surface area (Å²) < 4.78 is 0. The second-order valence-corrected chi connectivity index (χ2v) is 8.20. The molecule has 1 N–H and O–H groups in total. The molecule has 2 rings (SSSR count). The van der Waals surface area contributed by atoms with Crippen molar-refractivity contribution in [3.05, 3.63) is 64.7 Å². The maximum atomic E-state index is 13.0. The molecule has 0 saturated carbocycles. The fourth-order valence-corrected chi connectivity index (χ4v) is 3.54. The van der Waals surface area contributed by atoms with Gasteiger partial charge in [-0.3, -0.25) is 9.59 Å². The Kier molecular flexibility index (Phi) is 8.87. The lowest BCUT2D eigenvalue weighted by Crippen LogP contribution is -2.48. The molecule has 1 atom stereocenters. The monoisotopic (exact) mass is 418 g/mol. The Hall–Kier alpha value is -1.98. The van der Waals surface area contributed by atoms with Gasteiger partial charge >= 0.3 is 0 Å². The number of benzene rings is 2. The van der Waals surface area contributed by atoms with Gasteiger partial charge in [0.05, 0.1) is 5.75 Å². The van der Waals surface area contributed by atoms with Crippen LogP contribution in [0.15, 0.2) is 53.4 Å². The highest BCUT2D eigenvalue weighted by atomic mass is 35.5. The molecule has 2 aromatic rings. The number of nitrogens with zero attached hydrogens (tertiary/aromatic N) is 1. The van der Waals surface area contributed by atoms with E-state index in [1.54, 1.807) is 24.0 Å². The van der Waals surface area contributed by atoms with Gasteiger partial charge < -0.3 is 10.2 Å². The van der Waals surface area contributed by atoms with E-state index in [-0.39, 0.29) is 17.6 Å². The number of amides is 2. The third kappa shape index (κ3) is 6.88. The fraction of sp³-hybridized carbons (Fsp3) is 0.364. The Labute approximate surface area is 176 Å². The van der Waals surface area contributed by atoms with Crippen molar-refractivity contribution in [2.24, 2.45) is 0 Å². The molecule has 0 aromatic heterocycles. The number of hydrogen-bond acceptors (Lipinski definition) is 3. The summed E-state index contributed by atoms with van der Waals surface area (Å²) in [5, 5.41) is 3.55. The van der Waals surface area contributed by atoms with Crippen molar-refractivity contribution in [1.82, 2.24) is 10.2 Å². The summed E-state index contributed by atoms with van der Waals surface area (Å²) in [6.07, 6.45) is 0.858.